The van der Waals surface area contributed by atoms with E-state index in [0.717, 1.165) is 42.7 Å². The molecular formula is C28H28N2O5. The van der Waals surface area contributed by atoms with Crippen LogP contribution in [0.1, 0.15) is 40.7 Å². The van der Waals surface area contributed by atoms with E-state index in [9.17, 15) is 9.59 Å². The van der Waals surface area contributed by atoms with Crippen molar-refractivity contribution >= 4 is 17.9 Å². The number of nitrogens with one attached hydrogen (secondary N) is 2. The van der Waals surface area contributed by atoms with Crippen molar-refractivity contribution in [3.05, 3.63) is 83.4 Å². The maximum Gasteiger partial charge on any atom is 0.231 e. The van der Waals surface area contributed by atoms with E-state index in [1.54, 1.807) is 18.2 Å². The number of ketones is 1. The van der Waals surface area contributed by atoms with E-state index < -0.39 is 0 Å². The van der Waals surface area contributed by atoms with Gasteiger partial charge in [0.25, 0.3) is 0 Å². The average molecular weight is 473 g/mol. The SMILES string of the molecule is O=CNc1cc(C(=O)C2CCC(CCc3ccc4c(c3)OCO4)N2)ccc1OCc1ccccc1. The molecule has 0 radical (unpaired) electrons. The largest absolute Gasteiger partial charge is 0.487 e. The Labute approximate surface area is 204 Å². The van der Waals surface area contributed by atoms with Crippen molar-refractivity contribution < 1.29 is 23.8 Å². The summed E-state index contributed by atoms with van der Waals surface area (Å²) in [6, 6.07) is 21.1. The van der Waals surface area contributed by atoms with E-state index in [-0.39, 0.29) is 24.7 Å². The summed E-state index contributed by atoms with van der Waals surface area (Å²) in [4.78, 5) is 24.3. The molecule has 2 atom stereocenters. The number of carbonyl (C=O) groups excluding carboxylic acids is 2. The number of carbonyl (C=O) groups is 2. The Morgan fingerprint density at radius 1 is 1.00 bits per heavy atom. The summed E-state index contributed by atoms with van der Waals surface area (Å²) >= 11 is 0. The predicted octanol–water partition coefficient (Wildman–Crippen LogP) is 4.50. The number of aryl methyl sites for hydroxylation is 1. The van der Waals surface area contributed by atoms with Gasteiger partial charge < -0.3 is 24.8 Å². The van der Waals surface area contributed by atoms with Crippen LogP contribution in [0.4, 0.5) is 5.69 Å². The van der Waals surface area contributed by atoms with E-state index in [1.807, 2.05) is 42.5 Å². The average Bonchev–Trinajstić information content (AvgIpc) is 3.56. The summed E-state index contributed by atoms with van der Waals surface area (Å²) in [5.74, 6) is 2.14. The Morgan fingerprint density at radius 2 is 1.86 bits per heavy atom. The lowest BCUT2D eigenvalue weighted by Gasteiger charge is -2.16. The minimum Gasteiger partial charge on any atom is -0.487 e. The molecule has 2 aliphatic rings. The number of benzene rings is 3. The van der Waals surface area contributed by atoms with Gasteiger partial charge in [-0.15, -0.1) is 0 Å². The third-order valence-corrected chi connectivity index (χ3v) is 6.49. The molecule has 7 nitrogen and oxygen atoms in total. The number of fused-ring (bicyclic) bond motifs is 1. The van der Waals surface area contributed by atoms with Crippen LogP contribution in [-0.2, 0) is 17.8 Å². The van der Waals surface area contributed by atoms with Crippen molar-refractivity contribution in [1.82, 2.24) is 5.32 Å². The van der Waals surface area contributed by atoms with Crippen molar-refractivity contribution in [3.8, 4) is 17.2 Å². The van der Waals surface area contributed by atoms with Gasteiger partial charge >= 0.3 is 0 Å². The van der Waals surface area contributed by atoms with Gasteiger partial charge in [0.1, 0.15) is 12.4 Å². The summed E-state index contributed by atoms with van der Waals surface area (Å²) < 4.78 is 16.7. The van der Waals surface area contributed by atoms with E-state index in [1.165, 1.54) is 5.56 Å². The van der Waals surface area contributed by atoms with Crippen LogP contribution in [0.5, 0.6) is 17.2 Å². The zero-order chi connectivity index (χ0) is 24.0. The molecule has 0 aromatic heterocycles. The van der Waals surface area contributed by atoms with Crippen LogP contribution < -0.4 is 24.8 Å². The van der Waals surface area contributed by atoms with Crippen molar-refractivity contribution in [2.75, 3.05) is 12.1 Å². The first-order valence-electron chi connectivity index (χ1n) is 11.9. The lowest BCUT2D eigenvalue weighted by molar-refractivity contribution is -0.105. The molecule has 2 N–H and O–H groups in total. The van der Waals surface area contributed by atoms with Crippen LogP contribution >= 0.6 is 0 Å². The molecule has 180 valence electrons. The molecule has 0 aliphatic carbocycles. The smallest absolute Gasteiger partial charge is 0.231 e. The van der Waals surface area contributed by atoms with Crippen LogP contribution in [0.3, 0.4) is 0 Å². The molecule has 3 aromatic carbocycles. The fourth-order valence-electron chi connectivity index (χ4n) is 4.61. The molecule has 5 rings (SSSR count). The van der Waals surface area contributed by atoms with Crippen LogP contribution in [0.15, 0.2) is 66.7 Å². The molecule has 2 heterocycles. The highest BCUT2D eigenvalue weighted by Gasteiger charge is 2.30. The van der Waals surface area contributed by atoms with Gasteiger partial charge in [-0.1, -0.05) is 36.4 Å². The second-order valence-corrected chi connectivity index (χ2v) is 8.83. The van der Waals surface area contributed by atoms with Gasteiger partial charge in [-0.05, 0) is 67.1 Å². The molecule has 2 unspecified atom stereocenters. The van der Waals surface area contributed by atoms with Gasteiger partial charge in [0.05, 0.1) is 11.7 Å². The number of rotatable bonds is 10. The Bertz CT molecular complexity index is 1200. The third kappa shape index (κ3) is 5.46. The molecular weight excluding hydrogens is 444 g/mol. The second-order valence-electron chi connectivity index (χ2n) is 8.83. The first kappa shape index (κ1) is 22.9. The summed E-state index contributed by atoms with van der Waals surface area (Å²) in [5, 5.41) is 6.16. The molecule has 1 saturated heterocycles. The van der Waals surface area contributed by atoms with Crippen LogP contribution in [-0.4, -0.2) is 31.1 Å². The molecule has 2 aliphatic heterocycles. The van der Waals surface area contributed by atoms with E-state index in [4.69, 9.17) is 14.2 Å². The van der Waals surface area contributed by atoms with Crippen LogP contribution in [0.2, 0.25) is 0 Å². The summed E-state index contributed by atoms with van der Waals surface area (Å²) in [6.45, 7) is 0.647. The summed E-state index contributed by atoms with van der Waals surface area (Å²) in [6.07, 6.45) is 4.16. The first-order valence-corrected chi connectivity index (χ1v) is 11.9. The van der Waals surface area contributed by atoms with Gasteiger partial charge in [-0.25, -0.2) is 0 Å². The van der Waals surface area contributed by atoms with Gasteiger partial charge in [0, 0.05) is 11.6 Å². The monoisotopic (exact) mass is 472 g/mol. The molecule has 1 fully saturated rings. The molecule has 7 heteroatoms. The molecule has 0 saturated carbocycles. The third-order valence-electron chi connectivity index (χ3n) is 6.49. The van der Waals surface area contributed by atoms with Crippen LogP contribution in [0.25, 0.3) is 0 Å². The standard InChI is InChI=1S/C28H28N2O5/c31-17-29-24-15-21(8-13-25(24)33-16-20-4-2-1-3-5-20)28(32)23-11-10-22(30-23)9-6-19-7-12-26-27(14-19)35-18-34-26/h1-5,7-8,12-15,17,22-23,30H,6,9-11,16,18H2,(H,29,31). The van der Waals surface area contributed by atoms with Gasteiger partial charge in [-0.2, -0.15) is 0 Å². The Hall–Kier alpha value is -3.84. The second kappa shape index (κ2) is 10.6. The maximum absolute atomic E-state index is 13.2. The minimum absolute atomic E-state index is 0.0270. The highest BCUT2D eigenvalue weighted by molar-refractivity contribution is 6.01. The number of anilines is 1. The summed E-state index contributed by atoms with van der Waals surface area (Å²) in [7, 11) is 0. The van der Waals surface area contributed by atoms with Crippen molar-refractivity contribution in [2.24, 2.45) is 0 Å². The minimum atomic E-state index is -0.239. The normalized spacial score (nSPS) is 18.3. The molecule has 35 heavy (non-hydrogen) atoms. The Morgan fingerprint density at radius 3 is 2.71 bits per heavy atom. The highest BCUT2D eigenvalue weighted by Crippen LogP contribution is 2.33. The number of Topliss-reactive ketones (excluding diaryl/α,β-unsaturated/α-hetero) is 1. The molecule has 0 bridgehead atoms. The van der Waals surface area contributed by atoms with Crippen LogP contribution in [0, 0.1) is 0 Å². The maximum atomic E-state index is 13.2. The number of hydrogen-bond donors (Lipinski definition) is 2. The number of ether oxygens (including phenoxy) is 3. The Kier molecular flexibility index (Phi) is 6.95. The van der Waals surface area contributed by atoms with E-state index >= 15 is 0 Å². The van der Waals surface area contributed by atoms with Crippen molar-refractivity contribution in [1.29, 1.82) is 0 Å². The van der Waals surface area contributed by atoms with E-state index in [0.29, 0.717) is 30.0 Å². The number of hydrogen-bond acceptors (Lipinski definition) is 6. The molecule has 0 spiro atoms. The first-order chi connectivity index (χ1) is 17.2. The highest BCUT2D eigenvalue weighted by atomic mass is 16.7. The van der Waals surface area contributed by atoms with E-state index in [2.05, 4.69) is 16.7 Å². The zero-order valence-corrected chi connectivity index (χ0v) is 19.4. The molecule has 1 amide bonds. The van der Waals surface area contributed by atoms with Crippen molar-refractivity contribution in [2.45, 2.75) is 44.4 Å². The van der Waals surface area contributed by atoms with Gasteiger partial charge in [0.15, 0.2) is 17.3 Å². The lowest BCUT2D eigenvalue weighted by atomic mass is 10.0. The van der Waals surface area contributed by atoms with Gasteiger partial charge in [-0.3, -0.25) is 9.59 Å². The lowest BCUT2D eigenvalue weighted by Crippen LogP contribution is -2.35. The fourth-order valence-corrected chi connectivity index (χ4v) is 4.61. The van der Waals surface area contributed by atoms with Gasteiger partial charge in [0.2, 0.25) is 13.2 Å². The summed E-state index contributed by atoms with van der Waals surface area (Å²) in [5.41, 5.74) is 3.25. The fraction of sp³-hybridized carbons (Fsp3) is 0.286. The molecule has 3 aromatic rings. The zero-order valence-electron chi connectivity index (χ0n) is 19.4. The quantitative estimate of drug-likeness (QED) is 0.334. The van der Waals surface area contributed by atoms with Crippen molar-refractivity contribution in [3.63, 3.8) is 0 Å². The number of amides is 1. The Balaban J connectivity index is 1.18. The predicted molar refractivity (Wildman–Crippen MR) is 132 cm³/mol. The topological polar surface area (TPSA) is 85.9 Å².